The lowest BCUT2D eigenvalue weighted by molar-refractivity contribution is -0.144. The van der Waals surface area contributed by atoms with E-state index in [1.807, 2.05) is 19.1 Å². The Hall–Kier alpha value is -2.73. The van der Waals surface area contributed by atoms with Crippen molar-refractivity contribution in [3.63, 3.8) is 0 Å². The van der Waals surface area contributed by atoms with Crippen LogP contribution in [-0.4, -0.2) is 49.5 Å². The molecule has 6 heteroatoms. The molecule has 1 spiro atoms. The summed E-state index contributed by atoms with van der Waals surface area (Å²) < 4.78 is 23.1. The molecule has 3 aliphatic heterocycles. The van der Waals surface area contributed by atoms with Crippen LogP contribution in [0.1, 0.15) is 36.8 Å². The van der Waals surface area contributed by atoms with Gasteiger partial charge < -0.3 is 18.9 Å². The van der Waals surface area contributed by atoms with Gasteiger partial charge in [0.2, 0.25) is 6.79 Å². The lowest BCUT2D eigenvalue weighted by Gasteiger charge is -2.39. The minimum Gasteiger partial charge on any atom is -0.497 e. The Balaban J connectivity index is 1.59. The summed E-state index contributed by atoms with van der Waals surface area (Å²) in [6.45, 7) is 4.14. The van der Waals surface area contributed by atoms with Gasteiger partial charge in [0, 0.05) is 12.6 Å². The minimum atomic E-state index is -0.476. The zero-order chi connectivity index (χ0) is 20.7. The molecule has 1 aromatic rings. The van der Waals surface area contributed by atoms with Gasteiger partial charge >= 0.3 is 5.97 Å². The summed E-state index contributed by atoms with van der Waals surface area (Å²) >= 11 is 0. The fourth-order valence-corrected chi connectivity index (χ4v) is 5.50. The van der Waals surface area contributed by atoms with E-state index in [0.29, 0.717) is 0 Å². The molecule has 0 radical (unpaired) electrons. The third-order valence-corrected chi connectivity index (χ3v) is 6.74. The summed E-state index contributed by atoms with van der Waals surface area (Å²) in [5, 5.41) is 0. The highest BCUT2D eigenvalue weighted by Crippen LogP contribution is 2.55. The first-order valence-corrected chi connectivity index (χ1v) is 10.6. The highest BCUT2D eigenvalue weighted by molar-refractivity contribution is 5.82. The lowest BCUT2D eigenvalue weighted by atomic mass is 9.77. The van der Waals surface area contributed by atoms with Crippen molar-refractivity contribution in [2.24, 2.45) is 0 Å². The smallest absolute Gasteiger partial charge is 0.331 e. The van der Waals surface area contributed by atoms with Gasteiger partial charge in [0.25, 0.3) is 0 Å². The Kier molecular flexibility index (Phi) is 4.82. The van der Waals surface area contributed by atoms with Crippen LogP contribution in [0, 0.1) is 0 Å². The molecule has 1 fully saturated rings. The summed E-state index contributed by atoms with van der Waals surface area (Å²) in [4.78, 5) is 15.1. The molecule has 158 valence electrons. The molecule has 0 bridgehead atoms. The highest BCUT2D eigenvalue weighted by atomic mass is 16.7. The Bertz CT molecular complexity index is 949. The predicted molar refractivity (Wildman–Crippen MR) is 111 cm³/mol. The molecule has 0 N–H and O–H groups in total. The molecule has 4 aliphatic rings. The maximum atomic E-state index is 12.6. The van der Waals surface area contributed by atoms with Gasteiger partial charge in [-0.2, -0.15) is 0 Å². The summed E-state index contributed by atoms with van der Waals surface area (Å²) in [5.41, 5.74) is 2.19. The molecule has 5 rings (SSSR count). The number of ether oxygens (including phenoxy) is 4. The summed E-state index contributed by atoms with van der Waals surface area (Å²) in [6.07, 6.45) is 11.6. The second-order valence-corrected chi connectivity index (χ2v) is 8.21. The maximum absolute atomic E-state index is 12.6. The zero-order valence-corrected chi connectivity index (χ0v) is 17.4. The van der Waals surface area contributed by atoms with Crippen LogP contribution >= 0.6 is 0 Å². The number of esters is 1. The molecule has 6 nitrogen and oxygen atoms in total. The molecule has 0 aromatic heterocycles. The van der Waals surface area contributed by atoms with Crippen LogP contribution in [0.2, 0.25) is 0 Å². The van der Waals surface area contributed by atoms with Gasteiger partial charge in [-0.25, -0.2) is 4.79 Å². The van der Waals surface area contributed by atoms with E-state index in [9.17, 15) is 4.79 Å². The predicted octanol–water partition coefficient (Wildman–Crippen LogP) is 3.48. The van der Waals surface area contributed by atoms with Crippen molar-refractivity contribution in [3.8, 4) is 11.5 Å². The fraction of sp³-hybridized carbons (Fsp3) is 0.458. The minimum absolute atomic E-state index is 0.0407. The Morgan fingerprint density at radius 2 is 2.07 bits per heavy atom. The van der Waals surface area contributed by atoms with Crippen molar-refractivity contribution in [2.45, 2.75) is 43.7 Å². The first-order valence-electron chi connectivity index (χ1n) is 10.6. The molecule has 1 aromatic carbocycles. The van der Waals surface area contributed by atoms with E-state index >= 15 is 0 Å². The van der Waals surface area contributed by atoms with Crippen LogP contribution in [-0.2, 0) is 20.7 Å². The summed E-state index contributed by atoms with van der Waals surface area (Å²) in [7, 11) is 1.66. The van der Waals surface area contributed by atoms with Crippen LogP contribution < -0.4 is 9.47 Å². The lowest BCUT2D eigenvalue weighted by Crippen LogP contribution is -2.47. The van der Waals surface area contributed by atoms with E-state index in [4.69, 9.17) is 18.9 Å². The number of fused-ring (bicyclic) bond motifs is 3. The van der Waals surface area contributed by atoms with Gasteiger partial charge in [-0.3, -0.25) is 4.90 Å². The SMILES string of the molecule is C/C=C/C=C/C(=O)O[C@@H]1C(OC)=C[C@]23CCCN2CCc2cc4c(cc2[C@H]13)OCO4. The van der Waals surface area contributed by atoms with E-state index < -0.39 is 6.10 Å². The second-order valence-electron chi connectivity index (χ2n) is 8.21. The third-order valence-electron chi connectivity index (χ3n) is 6.74. The second kappa shape index (κ2) is 7.51. The molecule has 30 heavy (non-hydrogen) atoms. The maximum Gasteiger partial charge on any atom is 0.331 e. The van der Waals surface area contributed by atoms with Crippen LogP contribution in [0.25, 0.3) is 0 Å². The first-order chi connectivity index (χ1) is 14.7. The Morgan fingerprint density at radius 3 is 2.87 bits per heavy atom. The molecule has 0 unspecified atom stereocenters. The average Bonchev–Trinajstić information content (AvgIpc) is 3.42. The number of carbonyl (C=O) groups excluding carboxylic acids is 1. The van der Waals surface area contributed by atoms with Crippen molar-refractivity contribution in [1.82, 2.24) is 4.90 Å². The van der Waals surface area contributed by atoms with Gasteiger partial charge in [-0.05, 0) is 62.1 Å². The number of carbonyl (C=O) groups is 1. The molecular formula is C24H27NO5. The average molecular weight is 409 g/mol. The number of benzene rings is 1. The quantitative estimate of drug-likeness (QED) is 0.431. The number of rotatable bonds is 4. The molecule has 1 saturated heterocycles. The standard InChI is InChI=1S/C24H27NO5/c1-3-4-5-7-21(26)30-23-20(27-2)14-24-9-6-10-25(24)11-8-16-12-18-19(29-15-28-18)13-17(16)22(23)24/h3-5,7,12-14,22-23H,6,8-11,15H2,1-2H3/b4-3+,7-5+/t22-,23-,24+/m1/s1. The third kappa shape index (κ3) is 2.93. The number of allylic oxidation sites excluding steroid dienone is 3. The molecule has 3 heterocycles. The number of nitrogens with zero attached hydrogens (tertiary/aromatic N) is 1. The van der Waals surface area contributed by atoms with E-state index in [2.05, 4.69) is 23.1 Å². The topological polar surface area (TPSA) is 57.2 Å². The van der Waals surface area contributed by atoms with Gasteiger partial charge in [-0.15, -0.1) is 0 Å². The largest absolute Gasteiger partial charge is 0.497 e. The Labute approximate surface area is 176 Å². The van der Waals surface area contributed by atoms with Crippen molar-refractivity contribution < 1.29 is 23.7 Å². The summed E-state index contributed by atoms with van der Waals surface area (Å²) in [5.74, 6) is 1.88. The van der Waals surface area contributed by atoms with Crippen molar-refractivity contribution in [3.05, 3.63) is 59.4 Å². The van der Waals surface area contributed by atoms with Crippen molar-refractivity contribution in [1.29, 1.82) is 0 Å². The van der Waals surface area contributed by atoms with Gasteiger partial charge in [0.1, 0.15) is 5.76 Å². The zero-order valence-electron chi connectivity index (χ0n) is 17.4. The van der Waals surface area contributed by atoms with Crippen molar-refractivity contribution >= 4 is 5.97 Å². The normalized spacial score (nSPS) is 29.5. The van der Waals surface area contributed by atoms with Crippen LogP contribution in [0.3, 0.4) is 0 Å². The highest BCUT2D eigenvalue weighted by Gasteiger charge is 2.58. The monoisotopic (exact) mass is 409 g/mol. The molecule has 0 amide bonds. The van der Waals surface area contributed by atoms with Crippen LogP contribution in [0.4, 0.5) is 0 Å². The van der Waals surface area contributed by atoms with E-state index in [0.717, 1.165) is 49.6 Å². The number of hydrogen-bond acceptors (Lipinski definition) is 6. The van der Waals surface area contributed by atoms with E-state index in [1.54, 1.807) is 13.2 Å². The molecule has 3 atom stereocenters. The van der Waals surface area contributed by atoms with Crippen molar-refractivity contribution in [2.75, 3.05) is 27.0 Å². The van der Waals surface area contributed by atoms with Crippen LogP contribution in [0.5, 0.6) is 11.5 Å². The van der Waals surface area contributed by atoms with Gasteiger partial charge in [0.05, 0.1) is 18.6 Å². The number of methoxy groups -OCH3 is 1. The molecule has 0 saturated carbocycles. The van der Waals surface area contributed by atoms with E-state index in [1.165, 1.54) is 17.2 Å². The summed E-state index contributed by atoms with van der Waals surface area (Å²) in [6, 6.07) is 4.19. The van der Waals surface area contributed by atoms with Gasteiger partial charge in [0.15, 0.2) is 17.6 Å². The Morgan fingerprint density at radius 1 is 1.23 bits per heavy atom. The van der Waals surface area contributed by atoms with E-state index in [-0.39, 0.29) is 24.2 Å². The first kappa shape index (κ1) is 19.2. The molecule has 1 aliphatic carbocycles. The fourth-order valence-electron chi connectivity index (χ4n) is 5.50. The van der Waals surface area contributed by atoms with Gasteiger partial charge in [-0.1, -0.05) is 18.2 Å². The molecular weight excluding hydrogens is 382 g/mol. The van der Waals surface area contributed by atoms with Crippen LogP contribution in [0.15, 0.2) is 48.3 Å². The number of hydrogen-bond donors (Lipinski definition) is 0.